The van der Waals surface area contributed by atoms with E-state index in [-0.39, 0.29) is 18.1 Å². The van der Waals surface area contributed by atoms with Gasteiger partial charge in [-0.05, 0) is 35.4 Å². The highest BCUT2D eigenvalue weighted by Crippen LogP contribution is 2.40. The van der Waals surface area contributed by atoms with Crippen LogP contribution in [-0.4, -0.2) is 11.8 Å². The van der Waals surface area contributed by atoms with E-state index in [2.05, 4.69) is 11.9 Å². The second-order valence-corrected chi connectivity index (χ2v) is 5.05. The van der Waals surface area contributed by atoms with Crippen molar-refractivity contribution in [3.63, 3.8) is 0 Å². The predicted molar refractivity (Wildman–Crippen MR) is 73.8 cm³/mol. The molecule has 1 aliphatic heterocycles. The van der Waals surface area contributed by atoms with Gasteiger partial charge in [0, 0.05) is 18.3 Å². The van der Waals surface area contributed by atoms with E-state index in [4.69, 9.17) is 21.1 Å². The Hall–Kier alpha value is -1.74. The zero-order valence-electron chi connectivity index (χ0n) is 10.5. The minimum Gasteiger partial charge on any atom is -0.454 e. The second kappa shape index (κ2) is 5.10. The lowest BCUT2D eigenvalue weighted by Gasteiger charge is -2.19. The van der Waals surface area contributed by atoms with Crippen LogP contribution >= 0.6 is 11.6 Å². The Morgan fingerprint density at radius 3 is 2.58 bits per heavy atom. The zero-order chi connectivity index (χ0) is 13.2. The van der Waals surface area contributed by atoms with Gasteiger partial charge in [0.05, 0.1) is 5.38 Å². The third-order valence-electron chi connectivity index (χ3n) is 3.39. The molecule has 2 unspecified atom stereocenters. The maximum absolute atomic E-state index is 6.58. The molecular formula is C15H14ClNO2. The fourth-order valence-electron chi connectivity index (χ4n) is 2.21. The second-order valence-electron chi connectivity index (χ2n) is 4.58. The molecule has 1 aliphatic rings. The van der Waals surface area contributed by atoms with E-state index in [9.17, 15) is 0 Å². The van der Waals surface area contributed by atoms with Crippen LogP contribution in [0, 0.1) is 0 Å². The summed E-state index contributed by atoms with van der Waals surface area (Å²) in [6, 6.07) is 9.84. The zero-order valence-corrected chi connectivity index (χ0v) is 11.3. The number of hydrogen-bond acceptors (Lipinski definition) is 3. The molecule has 0 N–H and O–H groups in total. The van der Waals surface area contributed by atoms with Gasteiger partial charge < -0.3 is 9.47 Å². The van der Waals surface area contributed by atoms with Gasteiger partial charge in [-0.25, -0.2) is 0 Å². The first-order valence-electron chi connectivity index (χ1n) is 6.19. The molecule has 3 rings (SSSR count). The number of aromatic nitrogens is 1. The number of benzene rings is 1. The van der Waals surface area contributed by atoms with E-state index in [1.165, 1.54) is 5.56 Å². The summed E-state index contributed by atoms with van der Waals surface area (Å²) in [4.78, 5) is 4.03. The molecule has 0 fully saturated rings. The van der Waals surface area contributed by atoms with E-state index < -0.39 is 0 Å². The first-order chi connectivity index (χ1) is 9.25. The Morgan fingerprint density at radius 1 is 1.05 bits per heavy atom. The van der Waals surface area contributed by atoms with Crippen molar-refractivity contribution in [2.75, 3.05) is 6.79 Å². The topological polar surface area (TPSA) is 31.4 Å². The largest absolute Gasteiger partial charge is 0.454 e. The lowest BCUT2D eigenvalue weighted by molar-refractivity contribution is 0.174. The minimum absolute atomic E-state index is 0.114. The molecule has 2 heterocycles. The molecular weight excluding hydrogens is 262 g/mol. The van der Waals surface area contributed by atoms with E-state index in [1.54, 1.807) is 12.4 Å². The molecule has 0 aliphatic carbocycles. The summed E-state index contributed by atoms with van der Waals surface area (Å²) in [5.41, 5.74) is 2.21. The number of rotatable bonds is 3. The molecule has 4 heteroatoms. The van der Waals surface area contributed by atoms with Gasteiger partial charge in [0.25, 0.3) is 0 Å². The summed E-state index contributed by atoms with van der Waals surface area (Å²) in [6.07, 6.45) is 3.57. The van der Waals surface area contributed by atoms with Gasteiger partial charge in [0.1, 0.15) is 0 Å². The summed E-state index contributed by atoms with van der Waals surface area (Å²) < 4.78 is 10.7. The quantitative estimate of drug-likeness (QED) is 0.796. The molecule has 3 nitrogen and oxygen atoms in total. The minimum atomic E-state index is -0.114. The number of nitrogens with zero attached hydrogens (tertiary/aromatic N) is 1. The van der Waals surface area contributed by atoms with Crippen molar-refractivity contribution in [2.45, 2.75) is 18.2 Å². The fourth-order valence-corrected chi connectivity index (χ4v) is 2.49. The van der Waals surface area contributed by atoms with E-state index in [1.807, 2.05) is 30.3 Å². The number of fused-ring (bicyclic) bond motifs is 1. The Kier molecular flexibility index (Phi) is 3.30. The van der Waals surface area contributed by atoms with Crippen molar-refractivity contribution in [2.24, 2.45) is 0 Å². The Labute approximate surface area is 117 Å². The molecule has 0 radical (unpaired) electrons. The number of alkyl halides is 1. The van der Waals surface area contributed by atoms with Crippen LogP contribution in [0.3, 0.4) is 0 Å². The smallest absolute Gasteiger partial charge is 0.231 e. The van der Waals surface area contributed by atoms with Crippen LogP contribution in [0.1, 0.15) is 29.3 Å². The van der Waals surface area contributed by atoms with Crippen LogP contribution in [0.5, 0.6) is 11.5 Å². The van der Waals surface area contributed by atoms with Gasteiger partial charge in [-0.1, -0.05) is 13.0 Å². The van der Waals surface area contributed by atoms with Crippen molar-refractivity contribution < 1.29 is 9.47 Å². The van der Waals surface area contributed by atoms with Crippen LogP contribution in [-0.2, 0) is 0 Å². The lowest BCUT2D eigenvalue weighted by Crippen LogP contribution is -2.02. The van der Waals surface area contributed by atoms with Crippen molar-refractivity contribution in [3.05, 3.63) is 53.9 Å². The molecule has 0 saturated heterocycles. The number of hydrogen-bond donors (Lipinski definition) is 0. The number of pyridine rings is 1. The van der Waals surface area contributed by atoms with Crippen molar-refractivity contribution in [1.29, 1.82) is 0 Å². The van der Waals surface area contributed by atoms with Gasteiger partial charge in [-0.2, -0.15) is 0 Å². The molecule has 0 spiro atoms. The van der Waals surface area contributed by atoms with Crippen molar-refractivity contribution in [1.82, 2.24) is 4.98 Å². The van der Waals surface area contributed by atoms with Gasteiger partial charge in [0.15, 0.2) is 11.5 Å². The Bertz CT molecular complexity index is 574. The molecule has 1 aromatic heterocycles. The monoisotopic (exact) mass is 275 g/mol. The highest BCUT2D eigenvalue weighted by atomic mass is 35.5. The maximum atomic E-state index is 6.58. The predicted octanol–water partition coefficient (Wildman–Crippen LogP) is 3.89. The molecule has 2 aromatic rings. The summed E-state index contributed by atoms with van der Waals surface area (Å²) >= 11 is 6.58. The fraction of sp³-hybridized carbons (Fsp3) is 0.267. The summed E-state index contributed by atoms with van der Waals surface area (Å²) in [5, 5.41) is -0.114. The standard InChI is InChI=1S/C15H14ClNO2/c1-10(11-4-6-17-7-5-11)15(16)12-2-3-13-14(8-12)19-9-18-13/h2-8,10,15H,9H2,1H3. The molecule has 0 bridgehead atoms. The normalized spacial score (nSPS) is 16.1. The molecule has 2 atom stereocenters. The summed E-state index contributed by atoms with van der Waals surface area (Å²) in [6.45, 7) is 2.39. The van der Waals surface area contributed by atoms with E-state index >= 15 is 0 Å². The van der Waals surface area contributed by atoms with Crippen LogP contribution in [0.15, 0.2) is 42.7 Å². The summed E-state index contributed by atoms with van der Waals surface area (Å²) in [7, 11) is 0. The highest BCUT2D eigenvalue weighted by Gasteiger charge is 2.21. The van der Waals surface area contributed by atoms with Crippen molar-refractivity contribution in [3.8, 4) is 11.5 Å². The van der Waals surface area contributed by atoms with Crippen LogP contribution < -0.4 is 9.47 Å². The highest BCUT2D eigenvalue weighted by molar-refractivity contribution is 6.21. The number of ether oxygens (including phenoxy) is 2. The van der Waals surface area contributed by atoms with Gasteiger partial charge >= 0.3 is 0 Å². The molecule has 98 valence electrons. The van der Waals surface area contributed by atoms with Gasteiger partial charge in [-0.3, -0.25) is 4.98 Å². The van der Waals surface area contributed by atoms with Crippen LogP contribution in [0.25, 0.3) is 0 Å². The molecule has 0 amide bonds. The first kappa shape index (κ1) is 12.3. The first-order valence-corrected chi connectivity index (χ1v) is 6.63. The molecule has 0 saturated carbocycles. The average Bonchev–Trinajstić information content (AvgIpc) is 2.94. The molecule has 1 aromatic carbocycles. The van der Waals surface area contributed by atoms with Gasteiger partial charge in [0.2, 0.25) is 6.79 Å². The van der Waals surface area contributed by atoms with E-state index in [0.717, 1.165) is 17.1 Å². The SMILES string of the molecule is CC(c1ccncc1)C(Cl)c1ccc2c(c1)OCO2. The Morgan fingerprint density at radius 2 is 1.79 bits per heavy atom. The third-order valence-corrected chi connectivity index (χ3v) is 4.02. The molecule has 19 heavy (non-hydrogen) atoms. The van der Waals surface area contributed by atoms with Gasteiger partial charge in [-0.15, -0.1) is 11.6 Å². The maximum Gasteiger partial charge on any atom is 0.231 e. The van der Waals surface area contributed by atoms with Crippen molar-refractivity contribution >= 4 is 11.6 Å². The van der Waals surface area contributed by atoms with Crippen LogP contribution in [0.2, 0.25) is 0 Å². The number of halogens is 1. The lowest BCUT2D eigenvalue weighted by atomic mass is 9.94. The summed E-state index contributed by atoms with van der Waals surface area (Å²) in [5.74, 6) is 1.75. The van der Waals surface area contributed by atoms with E-state index in [0.29, 0.717) is 0 Å². The average molecular weight is 276 g/mol. The van der Waals surface area contributed by atoms with Crippen LogP contribution in [0.4, 0.5) is 0 Å². The third kappa shape index (κ3) is 2.38. The Balaban J connectivity index is 1.86.